The number of hydrogen-bond donors (Lipinski definition) is 1. The van der Waals surface area contributed by atoms with Crippen LogP contribution in [-0.4, -0.2) is 41.6 Å². The van der Waals surface area contributed by atoms with E-state index in [9.17, 15) is 19.1 Å². The number of halogens is 2. The predicted octanol–water partition coefficient (Wildman–Crippen LogP) is 4.35. The fourth-order valence-electron chi connectivity index (χ4n) is 3.40. The minimum atomic E-state index is -1.16. The maximum atomic E-state index is 13.0. The van der Waals surface area contributed by atoms with Gasteiger partial charge in [0.15, 0.2) is 0 Å². The second-order valence-electron chi connectivity index (χ2n) is 7.20. The van der Waals surface area contributed by atoms with Crippen molar-refractivity contribution < 1.29 is 23.8 Å². The number of nitrogens with zero attached hydrogens (tertiary/aromatic N) is 1. The molecule has 1 aliphatic rings. The van der Waals surface area contributed by atoms with Crippen LogP contribution in [0.4, 0.5) is 4.39 Å². The number of benzene rings is 3. The number of carbonyl (C=O) groups is 2. The lowest BCUT2D eigenvalue weighted by Crippen LogP contribution is -2.64. The van der Waals surface area contributed by atoms with Crippen molar-refractivity contribution in [3.63, 3.8) is 0 Å². The highest BCUT2D eigenvalue weighted by Crippen LogP contribution is 2.34. The summed E-state index contributed by atoms with van der Waals surface area (Å²) in [5.41, 5.74) is -0.836. The van der Waals surface area contributed by atoms with E-state index in [0.29, 0.717) is 11.3 Å². The number of ether oxygens (including phenoxy) is 1. The lowest BCUT2D eigenvalue weighted by Gasteiger charge is -2.46. The van der Waals surface area contributed by atoms with E-state index < -0.39 is 17.2 Å². The van der Waals surface area contributed by atoms with Crippen molar-refractivity contribution in [2.24, 2.45) is 5.41 Å². The Morgan fingerprint density at radius 1 is 1.03 bits per heavy atom. The van der Waals surface area contributed by atoms with Gasteiger partial charge in [-0.2, -0.15) is 0 Å². The molecule has 0 saturated carbocycles. The maximum Gasteiger partial charge on any atom is 0.316 e. The molecule has 3 aromatic carbocycles. The number of hydrogen-bond acceptors (Lipinski definition) is 3. The Morgan fingerprint density at radius 2 is 1.69 bits per heavy atom. The van der Waals surface area contributed by atoms with Crippen LogP contribution in [0.2, 0.25) is 0 Å². The zero-order valence-corrected chi connectivity index (χ0v) is 16.9. The molecule has 1 aliphatic heterocycles. The van der Waals surface area contributed by atoms with Crippen LogP contribution in [0.15, 0.2) is 65.1 Å². The summed E-state index contributed by atoms with van der Waals surface area (Å²) in [6, 6.07) is 16.6. The highest BCUT2D eigenvalue weighted by Gasteiger charge is 2.52. The monoisotopic (exact) mass is 457 g/mol. The van der Waals surface area contributed by atoms with Crippen LogP contribution >= 0.6 is 15.9 Å². The fourth-order valence-corrected chi connectivity index (χ4v) is 3.78. The molecule has 0 aromatic heterocycles. The summed E-state index contributed by atoms with van der Waals surface area (Å²) in [5, 5.41) is 11.7. The first kappa shape index (κ1) is 19.4. The van der Waals surface area contributed by atoms with Gasteiger partial charge in [-0.1, -0.05) is 28.1 Å². The zero-order chi connectivity index (χ0) is 20.6. The van der Waals surface area contributed by atoms with Crippen LogP contribution in [0.1, 0.15) is 10.4 Å². The number of amides is 1. The Bertz CT molecular complexity index is 1090. The van der Waals surface area contributed by atoms with Crippen molar-refractivity contribution in [1.82, 2.24) is 4.90 Å². The summed E-state index contributed by atoms with van der Waals surface area (Å²) < 4.78 is 19.8. The van der Waals surface area contributed by atoms with Gasteiger partial charge in [-0.25, -0.2) is 4.39 Å². The average molecular weight is 458 g/mol. The summed E-state index contributed by atoms with van der Waals surface area (Å²) in [6.45, 7) is 0.0374. The Hall–Kier alpha value is -2.93. The van der Waals surface area contributed by atoms with Crippen molar-refractivity contribution in [1.29, 1.82) is 0 Å². The van der Waals surface area contributed by atoms with Gasteiger partial charge in [0, 0.05) is 23.1 Å². The number of likely N-dealkylation sites (tertiary alicyclic amines) is 1. The molecule has 0 unspecified atom stereocenters. The lowest BCUT2D eigenvalue weighted by atomic mass is 9.80. The van der Waals surface area contributed by atoms with Crippen LogP contribution < -0.4 is 4.74 Å². The first-order valence-corrected chi connectivity index (χ1v) is 9.76. The second-order valence-corrected chi connectivity index (χ2v) is 8.11. The SMILES string of the molecule is O=C(c1ccc(F)cc1)N1CC(COc2ccc3cc(Br)ccc3c2)(C(=O)O)C1. The minimum Gasteiger partial charge on any atom is -0.492 e. The molecule has 0 aliphatic carbocycles. The van der Waals surface area contributed by atoms with Gasteiger partial charge in [-0.15, -0.1) is 0 Å². The molecular formula is C22H17BrFNO4. The van der Waals surface area contributed by atoms with E-state index in [0.717, 1.165) is 15.2 Å². The number of rotatable bonds is 5. The normalized spacial score (nSPS) is 15.0. The van der Waals surface area contributed by atoms with E-state index >= 15 is 0 Å². The van der Waals surface area contributed by atoms with Crippen LogP contribution in [0.3, 0.4) is 0 Å². The Morgan fingerprint density at radius 3 is 2.38 bits per heavy atom. The number of fused-ring (bicyclic) bond motifs is 1. The molecule has 3 aromatic rings. The van der Waals surface area contributed by atoms with Gasteiger partial charge in [0.05, 0.1) is 0 Å². The largest absolute Gasteiger partial charge is 0.492 e. The highest BCUT2D eigenvalue weighted by atomic mass is 79.9. The molecule has 148 valence electrons. The molecule has 1 N–H and O–H groups in total. The molecule has 4 rings (SSSR count). The van der Waals surface area contributed by atoms with Crippen molar-refractivity contribution in [2.45, 2.75) is 0 Å². The molecule has 0 atom stereocenters. The second kappa shape index (κ2) is 7.48. The molecule has 0 radical (unpaired) electrons. The van der Waals surface area contributed by atoms with Crippen molar-refractivity contribution in [2.75, 3.05) is 19.7 Å². The zero-order valence-electron chi connectivity index (χ0n) is 15.3. The van der Waals surface area contributed by atoms with Gasteiger partial charge < -0.3 is 14.7 Å². The van der Waals surface area contributed by atoms with Gasteiger partial charge in [-0.05, 0) is 59.3 Å². The quantitative estimate of drug-likeness (QED) is 0.618. The molecule has 0 spiro atoms. The molecule has 0 bridgehead atoms. The van der Waals surface area contributed by atoms with E-state index in [1.165, 1.54) is 29.2 Å². The third kappa shape index (κ3) is 3.82. The average Bonchev–Trinajstić information content (AvgIpc) is 2.67. The Kier molecular flexibility index (Phi) is 5.00. The van der Waals surface area contributed by atoms with Gasteiger partial charge in [0.25, 0.3) is 5.91 Å². The standard InChI is InChI=1S/C22H17BrFNO4/c23-17-5-1-16-10-19(8-4-15(16)9-17)29-13-22(21(27)28)11-25(12-22)20(26)14-2-6-18(24)7-3-14/h1-10H,11-13H2,(H,27,28). The summed E-state index contributed by atoms with van der Waals surface area (Å²) in [6.07, 6.45) is 0. The molecule has 1 fully saturated rings. The number of carboxylic acid groups (broad SMARTS) is 1. The van der Waals surface area contributed by atoms with E-state index in [1.807, 2.05) is 30.3 Å². The molecule has 1 heterocycles. The van der Waals surface area contributed by atoms with E-state index in [1.54, 1.807) is 6.07 Å². The van der Waals surface area contributed by atoms with E-state index in [4.69, 9.17) is 4.74 Å². The third-order valence-corrected chi connectivity index (χ3v) is 5.60. The third-order valence-electron chi connectivity index (χ3n) is 5.11. The van der Waals surface area contributed by atoms with Crippen LogP contribution in [-0.2, 0) is 4.79 Å². The summed E-state index contributed by atoms with van der Waals surface area (Å²) in [7, 11) is 0. The van der Waals surface area contributed by atoms with Gasteiger partial charge >= 0.3 is 5.97 Å². The van der Waals surface area contributed by atoms with Crippen LogP contribution in [0, 0.1) is 11.2 Å². The smallest absolute Gasteiger partial charge is 0.316 e. The first-order chi connectivity index (χ1) is 13.9. The molecule has 5 nitrogen and oxygen atoms in total. The molecule has 1 saturated heterocycles. The predicted molar refractivity (Wildman–Crippen MR) is 110 cm³/mol. The number of carbonyl (C=O) groups excluding carboxylic acids is 1. The lowest BCUT2D eigenvalue weighted by molar-refractivity contribution is -0.161. The summed E-state index contributed by atoms with van der Waals surface area (Å²) in [4.78, 5) is 25.7. The summed E-state index contributed by atoms with van der Waals surface area (Å²) >= 11 is 3.43. The van der Waals surface area contributed by atoms with Gasteiger partial charge in [0.2, 0.25) is 0 Å². The topological polar surface area (TPSA) is 66.8 Å². The van der Waals surface area contributed by atoms with Crippen LogP contribution in [0.5, 0.6) is 5.75 Å². The molecule has 1 amide bonds. The fraction of sp³-hybridized carbons (Fsp3) is 0.182. The molecule has 29 heavy (non-hydrogen) atoms. The van der Waals surface area contributed by atoms with Crippen molar-refractivity contribution >= 4 is 38.6 Å². The highest BCUT2D eigenvalue weighted by molar-refractivity contribution is 9.10. The number of aliphatic carboxylic acids is 1. The Balaban J connectivity index is 1.44. The van der Waals surface area contributed by atoms with Crippen molar-refractivity contribution in [3.05, 3.63) is 76.5 Å². The first-order valence-electron chi connectivity index (χ1n) is 8.97. The number of carboxylic acids is 1. The molecular weight excluding hydrogens is 441 g/mol. The molecule has 7 heteroatoms. The summed E-state index contributed by atoms with van der Waals surface area (Å²) in [5.74, 6) is -1.19. The van der Waals surface area contributed by atoms with E-state index in [-0.39, 0.29) is 25.6 Å². The van der Waals surface area contributed by atoms with Crippen LogP contribution in [0.25, 0.3) is 10.8 Å². The Labute approximate surface area is 174 Å². The minimum absolute atomic E-state index is 0.0407. The maximum absolute atomic E-state index is 13.0. The van der Waals surface area contributed by atoms with Gasteiger partial charge in [0.1, 0.15) is 23.6 Å². The van der Waals surface area contributed by atoms with Gasteiger partial charge in [-0.3, -0.25) is 9.59 Å². The van der Waals surface area contributed by atoms with Crippen molar-refractivity contribution in [3.8, 4) is 5.75 Å². The van der Waals surface area contributed by atoms with E-state index in [2.05, 4.69) is 15.9 Å².